The van der Waals surface area contributed by atoms with Crippen molar-refractivity contribution in [2.75, 3.05) is 13.2 Å². The second kappa shape index (κ2) is 3.44. The van der Waals surface area contributed by atoms with Crippen LogP contribution < -0.4 is 0 Å². The Kier molecular flexibility index (Phi) is 1.99. The Morgan fingerprint density at radius 1 is 0.706 bits per heavy atom. The predicted molar refractivity (Wildman–Crippen MR) is 65.2 cm³/mol. The van der Waals surface area contributed by atoms with E-state index in [9.17, 15) is 0 Å². The molecule has 1 spiro atoms. The molecule has 6 rings (SSSR count). The number of ether oxygens (including phenoxy) is 2. The second-order valence-electron chi connectivity index (χ2n) is 5.22. The first kappa shape index (κ1) is 9.86. The molecule has 2 fully saturated rings. The van der Waals surface area contributed by atoms with Crippen molar-refractivity contribution in [3.05, 3.63) is 48.6 Å². The van der Waals surface area contributed by atoms with E-state index in [-0.39, 0.29) is 0 Å². The maximum atomic E-state index is 5.71. The van der Waals surface area contributed by atoms with Crippen LogP contribution in [0.15, 0.2) is 48.6 Å². The van der Waals surface area contributed by atoms with E-state index < -0.39 is 5.79 Å². The van der Waals surface area contributed by atoms with Crippen LogP contribution in [-0.4, -0.2) is 19.0 Å². The summed E-state index contributed by atoms with van der Waals surface area (Å²) in [6.07, 6.45) is 17.8. The van der Waals surface area contributed by atoms with Gasteiger partial charge in [0.1, 0.15) is 0 Å². The molecule has 0 radical (unpaired) electrons. The summed E-state index contributed by atoms with van der Waals surface area (Å²) in [4.78, 5) is 0. The maximum Gasteiger partial charge on any atom is 0.208 e. The van der Waals surface area contributed by atoms with E-state index in [1.165, 1.54) is 0 Å². The first-order valence-corrected chi connectivity index (χ1v) is 6.40. The zero-order valence-electron chi connectivity index (χ0n) is 9.66. The molecule has 2 heteroatoms. The van der Waals surface area contributed by atoms with Crippen LogP contribution in [0.2, 0.25) is 0 Å². The number of hydrogen-bond acceptors (Lipinski definition) is 2. The van der Waals surface area contributed by atoms with Crippen molar-refractivity contribution >= 4 is 0 Å². The lowest BCUT2D eigenvalue weighted by Gasteiger charge is -2.48. The van der Waals surface area contributed by atoms with Gasteiger partial charge in [-0.1, -0.05) is 36.5 Å². The fourth-order valence-corrected chi connectivity index (χ4v) is 3.47. The fourth-order valence-electron chi connectivity index (χ4n) is 3.47. The maximum absolute atomic E-state index is 5.71. The smallest absolute Gasteiger partial charge is 0.208 e. The van der Waals surface area contributed by atoms with Gasteiger partial charge >= 0.3 is 0 Å². The van der Waals surface area contributed by atoms with Gasteiger partial charge in [-0.2, -0.15) is 0 Å². The van der Waals surface area contributed by atoms with Gasteiger partial charge < -0.3 is 9.47 Å². The summed E-state index contributed by atoms with van der Waals surface area (Å²) in [5.74, 6) is 1.98. The Morgan fingerprint density at radius 2 is 1.18 bits per heavy atom. The van der Waals surface area contributed by atoms with E-state index >= 15 is 0 Å². The zero-order chi connectivity index (χ0) is 11.3. The minimum atomic E-state index is -0.562. The molecule has 88 valence electrons. The average molecular weight is 228 g/mol. The molecule has 0 N–H and O–H groups in total. The van der Waals surface area contributed by atoms with Crippen molar-refractivity contribution in [1.82, 2.24) is 0 Å². The van der Waals surface area contributed by atoms with Gasteiger partial charge in [0.15, 0.2) is 0 Å². The van der Waals surface area contributed by atoms with Crippen LogP contribution in [0.3, 0.4) is 0 Å². The van der Waals surface area contributed by atoms with E-state index in [0.717, 1.165) is 0 Å². The lowest BCUT2D eigenvalue weighted by molar-refractivity contribution is -0.0777. The second-order valence-corrected chi connectivity index (χ2v) is 5.22. The minimum absolute atomic E-state index is 0.562. The number of allylic oxidation sites excluding steroid dienone is 6. The van der Waals surface area contributed by atoms with Gasteiger partial charge in [-0.15, -0.1) is 0 Å². The van der Waals surface area contributed by atoms with Gasteiger partial charge in [0.25, 0.3) is 0 Å². The van der Waals surface area contributed by atoms with Crippen molar-refractivity contribution in [1.29, 1.82) is 0 Å². The van der Waals surface area contributed by atoms with Crippen LogP contribution in [0.1, 0.15) is 0 Å². The van der Waals surface area contributed by atoms with Gasteiger partial charge in [-0.05, 0) is 35.8 Å². The van der Waals surface area contributed by atoms with Gasteiger partial charge in [-0.3, -0.25) is 0 Å². The Morgan fingerprint density at radius 3 is 1.71 bits per heavy atom. The summed E-state index contributed by atoms with van der Waals surface area (Å²) in [5, 5.41) is 0. The molecule has 2 nitrogen and oxygen atoms in total. The summed E-state index contributed by atoms with van der Waals surface area (Å²) in [6.45, 7) is 1.38. The van der Waals surface area contributed by atoms with Gasteiger partial charge in [0, 0.05) is 0 Å². The van der Waals surface area contributed by atoms with E-state index in [1.807, 2.05) is 0 Å². The minimum Gasteiger partial charge on any atom is -0.341 e. The molecule has 1 aliphatic heterocycles. The third-order valence-electron chi connectivity index (χ3n) is 4.40. The van der Waals surface area contributed by atoms with Crippen LogP contribution in [-0.2, 0) is 9.47 Å². The molecule has 6 aliphatic rings. The summed E-state index contributed by atoms with van der Waals surface area (Å²) in [7, 11) is 0. The standard InChI is InChI=1S/C15H16O2/c1-2-4-12-13-5-7-15(16-9-10-17-15)8-6-14(12)11(13)3-1/h1-8,11-14H,9-10H2/b7-5-,8-6-. The highest BCUT2D eigenvalue weighted by Crippen LogP contribution is 2.52. The monoisotopic (exact) mass is 228 g/mol. The van der Waals surface area contributed by atoms with Gasteiger partial charge in [0.05, 0.1) is 13.2 Å². The van der Waals surface area contributed by atoms with Crippen LogP contribution >= 0.6 is 0 Å². The molecular weight excluding hydrogens is 212 g/mol. The lowest BCUT2D eigenvalue weighted by Crippen LogP contribution is -2.44. The van der Waals surface area contributed by atoms with Gasteiger partial charge in [-0.25, -0.2) is 0 Å². The lowest BCUT2D eigenvalue weighted by atomic mass is 9.56. The highest BCUT2D eigenvalue weighted by Gasteiger charge is 2.47. The van der Waals surface area contributed by atoms with Crippen molar-refractivity contribution < 1.29 is 9.47 Å². The quantitative estimate of drug-likeness (QED) is 0.593. The third-order valence-corrected chi connectivity index (χ3v) is 4.40. The van der Waals surface area contributed by atoms with Crippen molar-refractivity contribution in [2.45, 2.75) is 5.79 Å². The first-order valence-electron chi connectivity index (χ1n) is 6.40. The molecule has 1 saturated heterocycles. The zero-order valence-corrected chi connectivity index (χ0v) is 9.66. The topological polar surface area (TPSA) is 18.5 Å². The number of fused-ring (bicyclic) bond motifs is 1. The molecule has 1 saturated carbocycles. The summed E-state index contributed by atoms with van der Waals surface area (Å²) in [6, 6.07) is 0. The molecule has 0 aromatic rings. The Hall–Kier alpha value is -1.12. The van der Waals surface area contributed by atoms with E-state index in [0.29, 0.717) is 36.9 Å². The predicted octanol–water partition coefficient (Wildman–Crippen LogP) is 2.46. The van der Waals surface area contributed by atoms with Crippen molar-refractivity contribution in [2.24, 2.45) is 23.7 Å². The van der Waals surface area contributed by atoms with Crippen LogP contribution in [0.25, 0.3) is 0 Å². The average Bonchev–Trinajstić information content (AvgIpc) is 2.54. The molecule has 0 aromatic heterocycles. The molecule has 1 heterocycles. The molecule has 0 amide bonds. The normalized spacial score (nSPS) is 48.0. The van der Waals surface area contributed by atoms with E-state index in [2.05, 4.69) is 48.6 Å². The molecular formula is C15H16O2. The van der Waals surface area contributed by atoms with Crippen LogP contribution in [0.5, 0.6) is 0 Å². The Labute approximate surface area is 101 Å². The summed E-state index contributed by atoms with van der Waals surface area (Å²) < 4.78 is 11.4. The molecule has 17 heavy (non-hydrogen) atoms. The van der Waals surface area contributed by atoms with E-state index in [1.54, 1.807) is 0 Å². The highest BCUT2D eigenvalue weighted by atomic mass is 16.7. The summed E-state index contributed by atoms with van der Waals surface area (Å²) >= 11 is 0. The van der Waals surface area contributed by atoms with Crippen LogP contribution in [0, 0.1) is 23.7 Å². The number of rotatable bonds is 0. The van der Waals surface area contributed by atoms with Crippen LogP contribution in [0.4, 0.5) is 0 Å². The summed E-state index contributed by atoms with van der Waals surface area (Å²) in [5.41, 5.74) is 0. The molecule has 0 atom stereocenters. The molecule has 0 unspecified atom stereocenters. The number of hydrogen-bond donors (Lipinski definition) is 0. The van der Waals surface area contributed by atoms with Crippen molar-refractivity contribution in [3.8, 4) is 0 Å². The first-order chi connectivity index (χ1) is 8.38. The fraction of sp³-hybridized carbons (Fsp3) is 0.467. The Bertz CT molecular complexity index is 394. The highest BCUT2D eigenvalue weighted by molar-refractivity contribution is 5.31. The Balaban J connectivity index is 1.70. The molecule has 4 bridgehead atoms. The largest absolute Gasteiger partial charge is 0.341 e. The van der Waals surface area contributed by atoms with Crippen molar-refractivity contribution in [3.63, 3.8) is 0 Å². The van der Waals surface area contributed by atoms with Gasteiger partial charge in [0.2, 0.25) is 5.79 Å². The molecule has 0 aromatic carbocycles. The third kappa shape index (κ3) is 1.34. The van der Waals surface area contributed by atoms with E-state index in [4.69, 9.17) is 9.47 Å². The SMILES string of the molecule is C1=CC2C3/C=C\C4(/C=C\C2C3C=C1)OCCO4. The molecule has 5 aliphatic carbocycles.